The van der Waals surface area contributed by atoms with Gasteiger partial charge in [-0.3, -0.25) is 9.79 Å². The summed E-state index contributed by atoms with van der Waals surface area (Å²) in [6, 6.07) is 4.91. The number of aliphatic hydroxyl groups excluding tert-OH is 1. The third-order valence-corrected chi connectivity index (χ3v) is 8.19. The maximum absolute atomic E-state index is 12.6. The van der Waals surface area contributed by atoms with E-state index in [4.69, 9.17) is 11.6 Å². The number of nitrogens with one attached hydrogen (secondary N) is 1. The summed E-state index contributed by atoms with van der Waals surface area (Å²) in [5.41, 5.74) is 1.77. The number of hydrogen-bond donors (Lipinski definition) is 3. The van der Waals surface area contributed by atoms with Crippen molar-refractivity contribution in [3.63, 3.8) is 0 Å². The Morgan fingerprint density at radius 2 is 2.27 bits per heavy atom. The van der Waals surface area contributed by atoms with E-state index in [-0.39, 0.29) is 11.9 Å². The van der Waals surface area contributed by atoms with E-state index < -0.39 is 27.2 Å². The predicted octanol–water partition coefficient (Wildman–Crippen LogP) is 1.85. The molecule has 4 rings (SSSR count). The van der Waals surface area contributed by atoms with Crippen molar-refractivity contribution in [3.8, 4) is 0 Å². The highest BCUT2D eigenvalue weighted by molar-refractivity contribution is 8.28. The second kappa shape index (κ2) is 6.72. The number of carbonyl (C=O) groups excluding carboxylic acids is 1. The Bertz CT molecular complexity index is 887. The standard InChI is InChI=1S/C16H19ClN4O3S2/c1-26(24)7-10(12(22)8-26)19-15(23)16-20-13(14(17)25-16)9-6-18-21-5-3-2-4-11(9)21/h2-6,10,12-14,22,24H,7-8H2,1H3,(H,19,23). The molecule has 0 aliphatic carbocycles. The molecule has 26 heavy (non-hydrogen) atoms. The zero-order valence-corrected chi connectivity index (χ0v) is 16.3. The average Bonchev–Trinajstić information content (AvgIpc) is 3.23. The molecule has 10 heteroatoms. The van der Waals surface area contributed by atoms with Crippen molar-refractivity contribution < 1.29 is 14.5 Å². The minimum Gasteiger partial charge on any atom is -0.390 e. The number of aliphatic imine (C=N–C) groups is 1. The van der Waals surface area contributed by atoms with E-state index >= 15 is 0 Å². The molecule has 7 nitrogen and oxygen atoms in total. The topological polar surface area (TPSA) is 99.2 Å². The second-order valence-corrected chi connectivity index (χ2v) is 11.7. The zero-order chi connectivity index (χ0) is 18.5. The van der Waals surface area contributed by atoms with Gasteiger partial charge in [-0.25, -0.2) is 4.52 Å². The monoisotopic (exact) mass is 414 g/mol. The molecule has 0 aromatic carbocycles. The van der Waals surface area contributed by atoms with Crippen molar-refractivity contribution in [3.05, 3.63) is 36.2 Å². The van der Waals surface area contributed by atoms with Gasteiger partial charge in [0.2, 0.25) is 0 Å². The van der Waals surface area contributed by atoms with Crippen molar-refractivity contribution in [2.45, 2.75) is 22.9 Å². The fraction of sp³-hybridized carbons (Fsp3) is 0.438. The van der Waals surface area contributed by atoms with Crippen LogP contribution in [0.1, 0.15) is 11.6 Å². The van der Waals surface area contributed by atoms with Crippen molar-refractivity contribution >= 4 is 50.1 Å². The van der Waals surface area contributed by atoms with E-state index in [1.807, 2.05) is 24.4 Å². The quantitative estimate of drug-likeness (QED) is 0.665. The molecule has 4 heterocycles. The minimum absolute atomic E-state index is 0.291. The molecule has 5 unspecified atom stereocenters. The lowest BCUT2D eigenvalue weighted by molar-refractivity contribution is -0.115. The van der Waals surface area contributed by atoms with Crippen LogP contribution in [-0.4, -0.2) is 64.8 Å². The number of aromatic nitrogens is 2. The summed E-state index contributed by atoms with van der Waals surface area (Å²) in [4.78, 5) is 17.1. The molecule has 2 aliphatic heterocycles. The lowest BCUT2D eigenvalue weighted by Gasteiger charge is -2.21. The minimum atomic E-state index is -1.84. The Balaban J connectivity index is 1.53. The largest absolute Gasteiger partial charge is 0.390 e. The Morgan fingerprint density at radius 3 is 3.00 bits per heavy atom. The van der Waals surface area contributed by atoms with Crippen LogP contribution in [0.5, 0.6) is 0 Å². The highest BCUT2D eigenvalue weighted by atomic mass is 35.5. The molecular formula is C16H19ClN4O3S2. The first-order valence-electron chi connectivity index (χ1n) is 8.10. The second-order valence-electron chi connectivity index (χ2n) is 6.68. The van der Waals surface area contributed by atoms with Gasteiger partial charge in [-0.05, 0) is 18.4 Å². The maximum Gasteiger partial charge on any atom is 0.276 e. The summed E-state index contributed by atoms with van der Waals surface area (Å²) in [6.07, 6.45) is 4.57. The first-order valence-corrected chi connectivity index (χ1v) is 11.8. The average molecular weight is 415 g/mol. The normalized spacial score (nSPS) is 36.7. The SMILES string of the molecule is CS1(O)CC(O)C(NC(=O)C2=NC(c3cnn4ccccc34)C(Cl)S2)C1. The smallest absolute Gasteiger partial charge is 0.276 e. The van der Waals surface area contributed by atoms with E-state index in [1.165, 1.54) is 11.8 Å². The fourth-order valence-electron chi connectivity index (χ4n) is 3.31. The molecule has 1 fully saturated rings. The molecule has 3 N–H and O–H groups in total. The molecule has 0 saturated carbocycles. The van der Waals surface area contributed by atoms with Crippen LogP contribution in [0.15, 0.2) is 35.6 Å². The van der Waals surface area contributed by atoms with E-state index in [0.29, 0.717) is 16.5 Å². The fourth-order valence-corrected chi connectivity index (χ4v) is 6.83. The Hall–Kier alpha value is -1.26. The van der Waals surface area contributed by atoms with Crippen LogP contribution in [0.2, 0.25) is 0 Å². The summed E-state index contributed by atoms with van der Waals surface area (Å²) >= 11 is 7.65. The molecule has 5 atom stereocenters. The number of nitrogens with zero attached hydrogens (tertiary/aromatic N) is 3. The number of hydrogen-bond acceptors (Lipinski definition) is 6. The van der Waals surface area contributed by atoms with E-state index in [0.717, 1.165) is 11.1 Å². The number of halogens is 1. The van der Waals surface area contributed by atoms with Gasteiger partial charge in [0.05, 0.1) is 23.9 Å². The third-order valence-electron chi connectivity index (χ3n) is 4.55. The van der Waals surface area contributed by atoms with Gasteiger partial charge in [-0.1, -0.05) is 17.8 Å². The third kappa shape index (κ3) is 3.34. The van der Waals surface area contributed by atoms with Crippen molar-refractivity contribution in [1.82, 2.24) is 14.9 Å². The van der Waals surface area contributed by atoms with Gasteiger partial charge in [0.1, 0.15) is 10.8 Å². The van der Waals surface area contributed by atoms with Gasteiger partial charge in [-0.2, -0.15) is 5.10 Å². The number of amides is 1. The molecule has 1 saturated heterocycles. The number of rotatable bonds is 3. The Labute approximate surface area is 161 Å². The molecule has 2 aromatic rings. The molecule has 1 amide bonds. The molecular weight excluding hydrogens is 396 g/mol. The van der Waals surface area contributed by atoms with Crippen molar-refractivity contribution in [2.75, 3.05) is 17.8 Å². The number of fused-ring (bicyclic) bond motifs is 1. The van der Waals surface area contributed by atoms with Crippen LogP contribution in [0.4, 0.5) is 0 Å². The molecule has 0 spiro atoms. The number of aliphatic hydroxyl groups is 1. The number of pyridine rings is 1. The summed E-state index contributed by atoms with van der Waals surface area (Å²) in [7, 11) is -1.84. The molecule has 140 valence electrons. The van der Waals surface area contributed by atoms with E-state index in [1.54, 1.807) is 17.0 Å². The Morgan fingerprint density at radius 1 is 1.46 bits per heavy atom. The summed E-state index contributed by atoms with van der Waals surface area (Å²) in [5.74, 6) is 0.348. The van der Waals surface area contributed by atoms with Gasteiger partial charge < -0.3 is 15.0 Å². The van der Waals surface area contributed by atoms with Gasteiger partial charge >= 0.3 is 0 Å². The maximum atomic E-state index is 12.6. The highest BCUT2D eigenvalue weighted by Gasteiger charge is 2.40. The van der Waals surface area contributed by atoms with Gasteiger partial charge in [0.15, 0.2) is 5.04 Å². The van der Waals surface area contributed by atoms with E-state index in [2.05, 4.69) is 15.4 Å². The molecule has 2 aromatic heterocycles. The van der Waals surface area contributed by atoms with Crippen LogP contribution in [0.3, 0.4) is 0 Å². The lowest BCUT2D eigenvalue weighted by Crippen LogP contribution is -2.44. The van der Waals surface area contributed by atoms with Crippen LogP contribution in [0.25, 0.3) is 5.52 Å². The zero-order valence-electron chi connectivity index (χ0n) is 13.9. The van der Waals surface area contributed by atoms with Gasteiger partial charge in [0, 0.05) is 23.3 Å². The van der Waals surface area contributed by atoms with Crippen LogP contribution >= 0.6 is 33.7 Å². The first kappa shape index (κ1) is 18.1. The van der Waals surface area contributed by atoms with Gasteiger partial charge in [0.25, 0.3) is 5.91 Å². The number of alkyl halides is 1. The summed E-state index contributed by atoms with van der Waals surface area (Å²) in [5, 5.41) is 17.4. The summed E-state index contributed by atoms with van der Waals surface area (Å²) < 4.78 is 11.5. The van der Waals surface area contributed by atoms with E-state index in [9.17, 15) is 14.5 Å². The Kier molecular flexibility index (Phi) is 4.68. The van der Waals surface area contributed by atoms with Crippen LogP contribution in [-0.2, 0) is 4.79 Å². The van der Waals surface area contributed by atoms with Gasteiger partial charge in [-0.15, -0.1) is 21.9 Å². The van der Waals surface area contributed by atoms with Crippen LogP contribution in [0, 0.1) is 0 Å². The lowest BCUT2D eigenvalue weighted by atomic mass is 10.1. The van der Waals surface area contributed by atoms with Crippen molar-refractivity contribution in [1.29, 1.82) is 0 Å². The molecule has 0 radical (unpaired) electrons. The number of carbonyl (C=O) groups is 1. The predicted molar refractivity (Wildman–Crippen MR) is 106 cm³/mol. The molecule has 2 aliphatic rings. The van der Waals surface area contributed by atoms with Crippen molar-refractivity contribution in [2.24, 2.45) is 4.99 Å². The number of thioether (sulfide) groups is 1. The highest BCUT2D eigenvalue weighted by Crippen LogP contribution is 2.46. The summed E-state index contributed by atoms with van der Waals surface area (Å²) in [6.45, 7) is 0. The first-order chi connectivity index (χ1) is 12.3. The molecule has 0 bridgehead atoms. The van der Waals surface area contributed by atoms with Crippen LogP contribution < -0.4 is 5.32 Å².